The monoisotopic (exact) mass is 469 g/mol. The molecule has 2 aromatic carbocycles. The zero-order valence-electron chi connectivity index (χ0n) is 19.5. The summed E-state index contributed by atoms with van der Waals surface area (Å²) in [5.41, 5.74) is -0.158. The third kappa shape index (κ3) is 5.29. The Bertz CT molecular complexity index is 1070. The number of fused-ring (bicyclic) bond motifs is 1. The molecule has 180 valence electrons. The summed E-state index contributed by atoms with van der Waals surface area (Å²) in [6.45, 7) is 2.24. The van der Waals surface area contributed by atoms with Crippen LogP contribution in [0.3, 0.4) is 0 Å². The lowest BCUT2D eigenvalue weighted by molar-refractivity contribution is 0.0733. The number of carbonyl (C=O) groups is 1. The van der Waals surface area contributed by atoms with E-state index >= 15 is 4.39 Å². The van der Waals surface area contributed by atoms with Crippen LogP contribution < -0.4 is 4.74 Å². The number of halogens is 3. The zero-order valence-corrected chi connectivity index (χ0v) is 19.5. The van der Waals surface area contributed by atoms with Gasteiger partial charge in [0.2, 0.25) is 0 Å². The van der Waals surface area contributed by atoms with Gasteiger partial charge in [0.15, 0.2) is 0 Å². The SMILES string of the molecule is CCCC[C@H]1CC[C@@H]2CC(c3ccc(C(=O)Oc4cc(F)c(C#N)c(F)c4)cc3F)CC[C@H]2C1. The molecule has 1 unspecified atom stereocenters. The first-order valence-electron chi connectivity index (χ1n) is 12.3. The molecule has 0 saturated heterocycles. The molecule has 6 heteroatoms. The molecule has 2 saturated carbocycles. The van der Waals surface area contributed by atoms with Crippen molar-refractivity contribution in [1.82, 2.24) is 0 Å². The summed E-state index contributed by atoms with van der Waals surface area (Å²) in [4.78, 5) is 12.4. The van der Waals surface area contributed by atoms with E-state index in [0.717, 1.165) is 49.3 Å². The Balaban J connectivity index is 1.40. The molecule has 0 aliphatic heterocycles. The van der Waals surface area contributed by atoms with Gasteiger partial charge in [-0.25, -0.2) is 18.0 Å². The lowest BCUT2D eigenvalue weighted by atomic mass is 9.63. The van der Waals surface area contributed by atoms with Gasteiger partial charge >= 0.3 is 5.97 Å². The molecule has 2 aromatic rings. The van der Waals surface area contributed by atoms with E-state index in [9.17, 15) is 13.6 Å². The fourth-order valence-corrected chi connectivity index (χ4v) is 5.89. The van der Waals surface area contributed by atoms with Gasteiger partial charge in [0, 0.05) is 12.1 Å². The number of esters is 1. The van der Waals surface area contributed by atoms with Crippen LogP contribution in [0, 0.1) is 46.5 Å². The smallest absolute Gasteiger partial charge is 0.343 e. The molecule has 4 atom stereocenters. The molecular formula is C28H30F3NO2. The summed E-state index contributed by atoms with van der Waals surface area (Å²) in [6, 6.07) is 7.22. The summed E-state index contributed by atoms with van der Waals surface area (Å²) in [7, 11) is 0. The van der Waals surface area contributed by atoms with E-state index in [2.05, 4.69) is 6.92 Å². The van der Waals surface area contributed by atoms with Gasteiger partial charge < -0.3 is 4.74 Å². The normalized spacial score (nSPS) is 24.2. The summed E-state index contributed by atoms with van der Waals surface area (Å²) in [6.07, 6.45) is 10.7. The topological polar surface area (TPSA) is 50.1 Å². The van der Waals surface area contributed by atoms with E-state index in [0.29, 0.717) is 11.5 Å². The van der Waals surface area contributed by atoms with Crippen molar-refractivity contribution < 1.29 is 22.7 Å². The maximum atomic E-state index is 15.0. The van der Waals surface area contributed by atoms with Crippen LogP contribution in [0.25, 0.3) is 0 Å². The van der Waals surface area contributed by atoms with Gasteiger partial charge in [0.25, 0.3) is 0 Å². The summed E-state index contributed by atoms with van der Waals surface area (Å²) < 4.78 is 47.6. The predicted octanol–water partition coefficient (Wildman–Crippen LogP) is 7.68. The van der Waals surface area contributed by atoms with Crippen LogP contribution in [0.5, 0.6) is 5.75 Å². The molecule has 0 amide bonds. The van der Waals surface area contributed by atoms with Crippen molar-refractivity contribution in [2.24, 2.45) is 17.8 Å². The Labute approximate surface area is 198 Å². The van der Waals surface area contributed by atoms with Crippen molar-refractivity contribution in [3.05, 3.63) is 64.5 Å². The van der Waals surface area contributed by atoms with Gasteiger partial charge in [0.05, 0.1) is 5.56 Å². The first-order valence-corrected chi connectivity index (χ1v) is 12.3. The molecule has 0 radical (unpaired) electrons. The third-order valence-electron chi connectivity index (χ3n) is 7.70. The van der Waals surface area contributed by atoms with Crippen molar-refractivity contribution >= 4 is 5.97 Å². The fraction of sp³-hybridized carbons (Fsp3) is 0.500. The molecular weight excluding hydrogens is 439 g/mol. The van der Waals surface area contributed by atoms with Gasteiger partial charge in [-0.3, -0.25) is 0 Å². The second-order valence-corrected chi connectivity index (χ2v) is 9.85. The Morgan fingerprint density at radius 2 is 1.71 bits per heavy atom. The average Bonchev–Trinajstić information content (AvgIpc) is 2.82. The van der Waals surface area contributed by atoms with E-state index < -0.39 is 29.0 Å². The van der Waals surface area contributed by atoms with Gasteiger partial charge in [-0.05, 0) is 73.5 Å². The van der Waals surface area contributed by atoms with Crippen molar-refractivity contribution in [1.29, 1.82) is 5.26 Å². The largest absolute Gasteiger partial charge is 0.423 e. The van der Waals surface area contributed by atoms with E-state index in [1.807, 2.05) is 0 Å². The summed E-state index contributed by atoms with van der Waals surface area (Å²) in [5, 5.41) is 8.74. The third-order valence-corrected chi connectivity index (χ3v) is 7.70. The van der Waals surface area contributed by atoms with Gasteiger partial charge in [-0.1, -0.05) is 38.7 Å². The van der Waals surface area contributed by atoms with E-state index in [1.165, 1.54) is 50.7 Å². The molecule has 3 nitrogen and oxygen atoms in total. The Morgan fingerprint density at radius 3 is 2.38 bits per heavy atom. The standard InChI is InChI=1S/C28H30F3NO2/c1-2-3-4-17-5-6-19-12-20(8-7-18(19)11-17)23-10-9-21(13-25(23)29)28(33)34-22-14-26(30)24(16-32)27(31)15-22/h9-10,13-15,17-20H,2-8,11-12H2,1H3/t17-,18-,19+,20?/m0/s1. The summed E-state index contributed by atoms with van der Waals surface area (Å²) >= 11 is 0. The molecule has 0 bridgehead atoms. The molecule has 0 heterocycles. The summed E-state index contributed by atoms with van der Waals surface area (Å²) in [5.74, 6) is -1.62. The van der Waals surface area contributed by atoms with Crippen LogP contribution in [0.15, 0.2) is 30.3 Å². The number of rotatable bonds is 6. The van der Waals surface area contributed by atoms with Crippen LogP contribution in [0.1, 0.15) is 92.1 Å². The van der Waals surface area contributed by atoms with Gasteiger partial charge in [0.1, 0.15) is 34.8 Å². The number of hydrogen-bond acceptors (Lipinski definition) is 3. The maximum Gasteiger partial charge on any atom is 0.343 e. The molecule has 34 heavy (non-hydrogen) atoms. The second-order valence-electron chi connectivity index (χ2n) is 9.85. The molecule has 0 N–H and O–H groups in total. The Kier molecular flexibility index (Phi) is 7.60. The number of benzene rings is 2. The van der Waals surface area contributed by atoms with Crippen molar-refractivity contribution in [3.63, 3.8) is 0 Å². The van der Waals surface area contributed by atoms with Crippen molar-refractivity contribution in [2.75, 3.05) is 0 Å². The van der Waals surface area contributed by atoms with E-state index in [-0.39, 0.29) is 17.2 Å². The number of nitriles is 1. The van der Waals surface area contributed by atoms with E-state index in [1.54, 1.807) is 6.07 Å². The first-order chi connectivity index (χ1) is 16.4. The van der Waals surface area contributed by atoms with Crippen LogP contribution in [-0.2, 0) is 0 Å². The highest BCUT2D eigenvalue weighted by Gasteiger charge is 2.36. The minimum atomic E-state index is -1.12. The highest BCUT2D eigenvalue weighted by Crippen LogP contribution is 2.48. The minimum absolute atomic E-state index is 0.0310. The highest BCUT2D eigenvalue weighted by molar-refractivity contribution is 5.91. The van der Waals surface area contributed by atoms with Crippen molar-refractivity contribution in [3.8, 4) is 11.8 Å². The Morgan fingerprint density at radius 1 is 1.00 bits per heavy atom. The van der Waals surface area contributed by atoms with Gasteiger partial charge in [-0.15, -0.1) is 0 Å². The molecule has 0 spiro atoms. The maximum absolute atomic E-state index is 15.0. The van der Waals surface area contributed by atoms with Crippen LogP contribution >= 0.6 is 0 Å². The molecule has 2 aliphatic carbocycles. The van der Waals surface area contributed by atoms with Gasteiger partial charge in [-0.2, -0.15) is 5.26 Å². The number of carbonyl (C=O) groups excluding carboxylic acids is 1. The molecule has 4 rings (SSSR count). The van der Waals surface area contributed by atoms with E-state index in [4.69, 9.17) is 10.00 Å². The number of nitrogens with zero attached hydrogens (tertiary/aromatic N) is 1. The highest BCUT2D eigenvalue weighted by atomic mass is 19.1. The van der Waals surface area contributed by atoms with Crippen molar-refractivity contribution in [2.45, 2.75) is 70.6 Å². The Hall–Kier alpha value is -2.81. The first kappa shape index (κ1) is 24.3. The van der Waals surface area contributed by atoms with Crippen LogP contribution in [0.4, 0.5) is 13.2 Å². The molecule has 0 aromatic heterocycles. The molecule has 2 fully saturated rings. The fourth-order valence-electron chi connectivity index (χ4n) is 5.89. The van der Waals surface area contributed by atoms with Crippen LogP contribution in [0.2, 0.25) is 0 Å². The lowest BCUT2D eigenvalue weighted by Crippen LogP contribution is -2.30. The number of ether oxygens (including phenoxy) is 1. The lowest BCUT2D eigenvalue weighted by Gasteiger charge is -2.42. The molecule has 2 aliphatic rings. The minimum Gasteiger partial charge on any atom is -0.423 e. The number of hydrogen-bond donors (Lipinski definition) is 0. The zero-order chi connectivity index (χ0) is 24.2. The van der Waals surface area contributed by atoms with Crippen LogP contribution in [-0.4, -0.2) is 5.97 Å². The predicted molar refractivity (Wildman–Crippen MR) is 123 cm³/mol. The number of unbranched alkanes of at least 4 members (excludes halogenated alkanes) is 1. The second kappa shape index (κ2) is 10.6. The average molecular weight is 470 g/mol. The quantitative estimate of drug-likeness (QED) is 0.322.